The van der Waals surface area contributed by atoms with Gasteiger partial charge in [-0.1, -0.05) is 121 Å². The molecular weight excluding hydrogens is 653 g/mol. The van der Waals surface area contributed by atoms with Crippen molar-refractivity contribution in [3.05, 3.63) is 139 Å². The molecule has 0 heterocycles. The fraction of sp³-hybridized carbons (Fsp3) is 0.333. The van der Waals surface area contributed by atoms with Crippen LogP contribution in [0.25, 0.3) is 0 Å². The summed E-state index contributed by atoms with van der Waals surface area (Å²) in [6.07, 6.45) is 0. The van der Waals surface area contributed by atoms with Crippen molar-refractivity contribution in [2.24, 2.45) is 0 Å². The number of benzene rings is 4. The molecule has 45 heavy (non-hydrogen) atoms. The summed E-state index contributed by atoms with van der Waals surface area (Å²) in [7, 11) is 0. The van der Waals surface area contributed by atoms with Gasteiger partial charge >= 0.3 is 0 Å². The Labute approximate surface area is 278 Å². The molecule has 9 heteroatoms. The van der Waals surface area contributed by atoms with Gasteiger partial charge in [0, 0.05) is 6.07 Å². The van der Waals surface area contributed by atoms with E-state index in [2.05, 4.69) is 0 Å². The Hall–Kier alpha value is -2.67. The van der Waals surface area contributed by atoms with Crippen LogP contribution in [0.2, 0.25) is 15.1 Å². The molecule has 0 saturated heterocycles. The van der Waals surface area contributed by atoms with Crippen molar-refractivity contribution in [2.75, 3.05) is 0 Å². The van der Waals surface area contributed by atoms with E-state index in [1.165, 1.54) is 30.3 Å². The summed E-state index contributed by atoms with van der Waals surface area (Å²) < 4.78 is 76.8. The van der Waals surface area contributed by atoms with Crippen LogP contribution in [0, 0.1) is 34.9 Å². The molecule has 0 unspecified atom stereocenters. The van der Waals surface area contributed by atoms with E-state index in [4.69, 9.17) is 34.8 Å². The highest BCUT2D eigenvalue weighted by Gasteiger charge is 2.13. The third-order valence-electron chi connectivity index (χ3n) is 6.49. The highest BCUT2D eigenvalue weighted by atomic mass is 35.5. The van der Waals surface area contributed by atoms with Gasteiger partial charge in [0.05, 0.1) is 10.0 Å². The lowest BCUT2D eigenvalue weighted by Crippen LogP contribution is -1.95. The Morgan fingerprint density at radius 3 is 1.42 bits per heavy atom. The average molecular weight is 692 g/mol. The SMILES string of the molecule is CC(C)c1ccc(F)c(Cl)c1.CC(C)c1ccc(F)c(Cl)c1F.CC(C)c1ccc(F)cc1F.CC(C)c1cccc(Cl)c1F. The van der Waals surface area contributed by atoms with Crippen molar-refractivity contribution in [2.45, 2.75) is 79.1 Å². The van der Waals surface area contributed by atoms with Crippen LogP contribution in [0.1, 0.15) is 101 Å². The Balaban J connectivity index is 0.000000300. The molecule has 0 spiro atoms. The number of hydrogen-bond acceptors (Lipinski definition) is 0. The van der Waals surface area contributed by atoms with Crippen molar-refractivity contribution >= 4 is 34.8 Å². The lowest BCUT2D eigenvalue weighted by Gasteiger charge is -2.07. The van der Waals surface area contributed by atoms with Crippen molar-refractivity contribution in [1.82, 2.24) is 0 Å². The van der Waals surface area contributed by atoms with Crippen LogP contribution in [0.15, 0.2) is 66.7 Å². The first-order valence-electron chi connectivity index (χ1n) is 14.4. The van der Waals surface area contributed by atoms with Crippen LogP contribution in [0.5, 0.6) is 0 Å². The largest absolute Gasteiger partial charge is 0.207 e. The Morgan fingerprint density at radius 2 is 0.956 bits per heavy atom. The van der Waals surface area contributed by atoms with Gasteiger partial charge in [-0.25, -0.2) is 26.3 Å². The number of hydrogen-bond donors (Lipinski definition) is 0. The summed E-state index contributed by atoms with van der Waals surface area (Å²) in [6, 6.07) is 16.2. The van der Waals surface area contributed by atoms with Crippen LogP contribution >= 0.6 is 34.8 Å². The predicted octanol–water partition coefficient (Wildman–Crippen LogP) is 14.0. The van der Waals surface area contributed by atoms with Crippen LogP contribution in [0.4, 0.5) is 26.3 Å². The highest BCUT2D eigenvalue weighted by molar-refractivity contribution is 6.31. The summed E-state index contributed by atoms with van der Waals surface area (Å²) in [5.41, 5.74) is 2.75. The molecule has 0 aliphatic rings. The second kappa shape index (κ2) is 19.1. The van der Waals surface area contributed by atoms with E-state index < -0.39 is 28.3 Å². The Kier molecular flexibility index (Phi) is 17.1. The van der Waals surface area contributed by atoms with Gasteiger partial charge in [0.15, 0.2) is 0 Å². The zero-order valence-electron chi connectivity index (χ0n) is 26.6. The van der Waals surface area contributed by atoms with Crippen molar-refractivity contribution in [3.63, 3.8) is 0 Å². The number of rotatable bonds is 4. The van der Waals surface area contributed by atoms with Crippen molar-refractivity contribution in [1.29, 1.82) is 0 Å². The van der Waals surface area contributed by atoms with Gasteiger partial charge < -0.3 is 0 Å². The van der Waals surface area contributed by atoms with Gasteiger partial charge in [-0.2, -0.15) is 0 Å². The van der Waals surface area contributed by atoms with Crippen molar-refractivity contribution < 1.29 is 26.3 Å². The maximum Gasteiger partial charge on any atom is 0.148 e. The third kappa shape index (κ3) is 12.9. The summed E-state index contributed by atoms with van der Waals surface area (Å²) in [5.74, 6) is -2.27. The Bertz CT molecular complexity index is 1520. The van der Waals surface area contributed by atoms with Crippen LogP contribution in [-0.2, 0) is 0 Å². The molecule has 0 nitrogen and oxygen atoms in total. The average Bonchev–Trinajstić information content (AvgIpc) is 2.95. The fourth-order valence-electron chi connectivity index (χ4n) is 3.79. The smallest absolute Gasteiger partial charge is 0.148 e. The molecule has 0 aliphatic heterocycles. The van der Waals surface area contributed by atoms with Gasteiger partial charge in [-0.3, -0.25) is 0 Å². The monoisotopic (exact) mass is 690 g/mol. The first kappa shape index (κ1) is 40.4. The summed E-state index contributed by atoms with van der Waals surface area (Å²) in [4.78, 5) is 0. The molecule has 4 aromatic carbocycles. The molecule has 0 saturated carbocycles. The zero-order valence-corrected chi connectivity index (χ0v) is 28.8. The molecule has 0 aliphatic carbocycles. The van der Waals surface area contributed by atoms with Gasteiger partial charge in [0.25, 0.3) is 0 Å². The molecule has 0 fully saturated rings. The third-order valence-corrected chi connectivity index (χ3v) is 7.41. The van der Waals surface area contributed by atoms with Crippen LogP contribution in [-0.4, -0.2) is 0 Å². The normalized spacial score (nSPS) is 10.7. The van der Waals surface area contributed by atoms with E-state index in [1.54, 1.807) is 30.3 Å². The minimum Gasteiger partial charge on any atom is -0.207 e. The van der Waals surface area contributed by atoms with Gasteiger partial charge in [-0.15, -0.1) is 0 Å². The minimum absolute atomic E-state index is 0.0168. The quantitative estimate of drug-likeness (QED) is 0.148. The van der Waals surface area contributed by atoms with E-state index >= 15 is 0 Å². The predicted molar refractivity (Wildman–Crippen MR) is 177 cm³/mol. The second-order valence-electron chi connectivity index (χ2n) is 11.4. The van der Waals surface area contributed by atoms with E-state index in [-0.39, 0.29) is 39.4 Å². The molecule has 4 rings (SSSR count). The van der Waals surface area contributed by atoms with E-state index in [0.29, 0.717) is 22.6 Å². The highest BCUT2D eigenvalue weighted by Crippen LogP contribution is 2.27. The molecule has 0 amide bonds. The standard InChI is InChI=1S/C9H9ClF2.2C9H10ClF.C9H10F2/c1-5(2)6-3-4-7(11)8(10)9(6)12;1-6(2)7-3-4-9(11)8(10)5-7;1-6(2)7-4-3-5-8(10)9(7)11;1-6(2)8-4-3-7(10)5-9(8)11/h3-5H,1-2H3;3*3-6H,1-2H3. The lowest BCUT2D eigenvalue weighted by atomic mass is 10.0. The molecule has 0 aromatic heterocycles. The lowest BCUT2D eigenvalue weighted by molar-refractivity contribution is 0.564. The van der Waals surface area contributed by atoms with E-state index in [0.717, 1.165) is 11.6 Å². The molecular formula is C36H39Cl3F6. The van der Waals surface area contributed by atoms with E-state index in [1.807, 2.05) is 55.4 Å². The summed E-state index contributed by atoms with van der Waals surface area (Å²) >= 11 is 16.5. The van der Waals surface area contributed by atoms with Gasteiger partial charge in [0.2, 0.25) is 0 Å². The molecule has 0 radical (unpaired) electrons. The van der Waals surface area contributed by atoms with Crippen LogP contribution < -0.4 is 0 Å². The molecule has 0 atom stereocenters. The second-order valence-corrected chi connectivity index (χ2v) is 12.6. The van der Waals surface area contributed by atoms with E-state index in [9.17, 15) is 26.3 Å². The maximum absolute atomic E-state index is 13.1. The van der Waals surface area contributed by atoms with Gasteiger partial charge in [-0.05, 0) is 76.3 Å². The fourth-order valence-corrected chi connectivity index (χ4v) is 4.34. The zero-order chi connectivity index (χ0) is 34.6. The van der Waals surface area contributed by atoms with Crippen LogP contribution in [0.3, 0.4) is 0 Å². The number of halogens is 9. The van der Waals surface area contributed by atoms with Gasteiger partial charge in [0.1, 0.15) is 39.9 Å². The first-order valence-corrected chi connectivity index (χ1v) is 15.5. The topological polar surface area (TPSA) is 0 Å². The molecule has 246 valence electrons. The molecule has 0 N–H and O–H groups in total. The molecule has 4 aromatic rings. The Morgan fingerprint density at radius 1 is 0.444 bits per heavy atom. The first-order chi connectivity index (χ1) is 20.9. The maximum atomic E-state index is 13.1. The molecule has 0 bridgehead atoms. The summed E-state index contributed by atoms with van der Waals surface area (Å²) in [5, 5.41) is -0.00593. The minimum atomic E-state index is -0.710. The van der Waals surface area contributed by atoms with Crippen molar-refractivity contribution in [3.8, 4) is 0 Å². The summed E-state index contributed by atoms with van der Waals surface area (Å²) in [6.45, 7) is 15.4.